The molecular weight excluding hydrogens is 376 g/mol. The van der Waals surface area contributed by atoms with Crippen molar-refractivity contribution < 1.29 is 14.3 Å². The molecule has 0 aromatic heterocycles. The molecule has 30 heavy (non-hydrogen) atoms. The summed E-state index contributed by atoms with van der Waals surface area (Å²) in [5, 5.41) is 2.87. The highest BCUT2D eigenvalue weighted by Crippen LogP contribution is 2.36. The maximum absolute atomic E-state index is 12.6. The third-order valence-corrected chi connectivity index (χ3v) is 6.43. The van der Waals surface area contributed by atoms with Gasteiger partial charge in [-0.05, 0) is 49.9 Å². The van der Waals surface area contributed by atoms with Gasteiger partial charge in [-0.3, -0.25) is 10.2 Å². The van der Waals surface area contributed by atoms with E-state index in [9.17, 15) is 4.79 Å². The van der Waals surface area contributed by atoms with Crippen molar-refractivity contribution in [2.75, 3.05) is 12.4 Å². The van der Waals surface area contributed by atoms with Crippen LogP contribution >= 0.6 is 0 Å². The first-order valence-electron chi connectivity index (χ1n) is 11.0. The minimum atomic E-state index is -0.394. The van der Waals surface area contributed by atoms with Gasteiger partial charge < -0.3 is 9.47 Å². The lowest BCUT2D eigenvalue weighted by atomic mass is 9.82. The van der Waals surface area contributed by atoms with Crippen molar-refractivity contribution in [2.45, 2.75) is 70.7 Å². The lowest BCUT2D eigenvalue weighted by Gasteiger charge is -2.48. The van der Waals surface area contributed by atoms with Crippen LogP contribution in [0.1, 0.15) is 48.8 Å². The summed E-state index contributed by atoms with van der Waals surface area (Å²) in [5.41, 5.74) is 4.37. The standard InChI is InChI=1S/C25H32N2O3/c1-17-7-10-19(11-8-17)16-27-20-5-4-6-21(27)15-22(14-20)30-25(28)26-23-13-18(2)9-12-24(23)29-3/h7-13,20-22H,4-6,14-16H2,1-3H3,(H,26,28). The summed E-state index contributed by atoms with van der Waals surface area (Å²) in [4.78, 5) is 15.2. The minimum Gasteiger partial charge on any atom is -0.495 e. The number of benzene rings is 2. The zero-order chi connectivity index (χ0) is 21.1. The Hall–Kier alpha value is -2.53. The minimum absolute atomic E-state index is 0.0367. The number of carbonyl (C=O) groups excluding carboxylic acids is 1. The molecule has 1 N–H and O–H groups in total. The quantitative estimate of drug-likeness (QED) is 0.715. The zero-order valence-corrected chi connectivity index (χ0v) is 18.2. The molecule has 2 aliphatic heterocycles. The number of aryl methyl sites for hydroxylation is 2. The number of ether oxygens (including phenoxy) is 2. The molecule has 2 atom stereocenters. The van der Waals surface area contributed by atoms with Crippen LogP contribution in [0.2, 0.25) is 0 Å². The average Bonchev–Trinajstić information content (AvgIpc) is 2.70. The van der Waals surface area contributed by atoms with Crippen molar-refractivity contribution in [3.63, 3.8) is 0 Å². The highest BCUT2D eigenvalue weighted by Gasteiger charge is 2.39. The van der Waals surface area contributed by atoms with Crippen LogP contribution in [-0.4, -0.2) is 36.3 Å². The van der Waals surface area contributed by atoms with Gasteiger partial charge in [0.15, 0.2) is 0 Å². The van der Waals surface area contributed by atoms with E-state index >= 15 is 0 Å². The van der Waals surface area contributed by atoms with Crippen molar-refractivity contribution in [3.8, 4) is 5.75 Å². The van der Waals surface area contributed by atoms with Crippen molar-refractivity contribution in [2.24, 2.45) is 0 Å². The molecule has 4 rings (SSSR count). The Labute approximate surface area is 179 Å². The summed E-state index contributed by atoms with van der Waals surface area (Å²) in [5.74, 6) is 0.641. The first kappa shape index (κ1) is 20.7. The molecule has 2 saturated heterocycles. The Morgan fingerprint density at radius 1 is 1.03 bits per heavy atom. The molecule has 2 aliphatic rings. The van der Waals surface area contributed by atoms with Gasteiger partial charge in [0.25, 0.3) is 0 Å². The van der Waals surface area contributed by atoms with Gasteiger partial charge in [-0.2, -0.15) is 0 Å². The Morgan fingerprint density at radius 3 is 2.37 bits per heavy atom. The van der Waals surface area contributed by atoms with Crippen molar-refractivity contribution in [3.05, 3.63) is 59.2 Å². The van der Waals surface area contributed by atoms with Crippen LogP contribution in [0.4, 0.5) is 10.5 Å². The van der Waals surface area contributed by atoms with E-state index < -0.39 is 6.09 Å². The van der Waals surface area contributed by atoms with E-state index in [0.717, 1.165) is 24.9 Å². The number of fused-ring (bicyclic) bond motifs is 2. The van der Waals surface area contributed by atoms with Gasteiger partial charge in [0.2, 0.25) is 0 Å². The zero-order valence-electron chi connectivity index (χ0n) is 18.2. The summed E-state index contributed by atoms with van der Waals surface area (Å²) in [7, 11) is 1.60. The van der Waals surface area contributed by atoms with Crippen LogP contribution in [0.3, 0.4) is 0 Å². The number of nitrogens with zero attached hydrogens (tertiary/aromatic N) is 1. The first-order chi connectivity index (χ1) is 14.5. The summed E-state index contributed by atoms with van der Waals surface area (Å²) in [6.45, 7) is 5.09. The smallest absolute Gasteiger partial charge is 0.412 e. The van der Waals surface area contributed by atoms with E-state index in [0.29, 0.717) is 23.5 Å². The predicted octanol–water partition coefficient (Wildman–Crippen LogP) is 5.45. The van der Waals surface area contributed by atoms with Gasteiger partial charge in [0.05, 0.1) is 12.8 Å². The molecule has 2 aromatic rings. The van der Waals surface area contributed by atoms with Gasteiger partial charge in [-0.1, -0.05) is 42.3 Å². The molecule has 0 aliphatic carbocycles. The van der Waals surface area contributed by atoms with Gasteiger partial charge in [-0.25, -0.2) is 4.79 Å². The van der Waals surface area contributed by atoms with Gasteiger partial charge in [0, 0.05) is 31.5 Å². The molecule has 1 amide bonds. The number of methoxy groups -OCH3 is 1. The fourth-order valence-corrected chi connectivity index (χ4v) is 4.90. The summed E-state index contributed by atoms with van der Waals surface area (Å²) in [6, 6.07) is 15.5. The number of rotatable bonds is 5. The van der Waals surface area contributed by atoms with E-state index in [1.165, 1.54) is 30.4 Å². The van der Waals surface area contributed by atoms with Crippen LogP contribution in [0.25, 0.3) is 0 Å². The number of hydrogen-bond donors (Lipinski definition) is 1. The number of nitrogens with one attached hydrogen (secondary N) is 1. The largest absolute Gasteiger partial charge is 0.495 e. The second-order valence-electron chi connectivity index (χ2n) is 8.72. The molecule has 0 saturated carbocycles. The van der Waals surface area contributed by atoms with E-state index in [4.69, 9.17) is 9.47 Å². The lowest BCUT2D eigenvalue weighted by molar-refractivity contribution is -0.0348. The monoisotopic (exact) mass is 408 g/mol. The molecule has 0 spiro atoms. The fourth-order valence-electron chi connectivity index (χ4n) is 4.90. The van der Waals surface area contributed by atoms with E-state index in [-0.39, 0.29) is 6.10 Å². The van der Waals surface area contributed by atoms with Crippen LogP contribution in [0, 0.1) is 13.8 Å². The van der Waals surface area contributed by atoms with Crippen LogP contribution in [-0.2, 0) is 11.3 Å². The molecule has 2 fully saturated rings. The Morgan fingerprint density at radius 2 is 1.70 bits per heavy atom. The third-order valence-electron chi connectivity index (χ3n) is 6.43. The highest BCUT2D eigenvalue weighted by atomic mass is 16.6. The molecule has 5 heteroatoms. The highest BCUT2D eigenvalue weighted by molar-refractivity contribution is 5.87. The van der Waals surface area contributed by atoms with Crippen LogP contribution < -0.4 is 10.1 Å². The molecule has 160 valence electrons. The number of amides is 1. The van der Waals surface area contributed by atoms with Gasteiger partial charge in [-0.15, -0.1) is 0 Å². The van der Waals surface area contributed by atoms with E-state index in [1.807, 2.05) is 25.1 Å². The first-order valence-corrected chi connectivity index (χ1v) is 11.0. The van der Waals surface area contributed by atoms with Crippen LogP contribution in [0.5, 0.6) is 5.75 Å². The third kappa shape index (κ3) is 4.78. The van der Waals surface area contributed by atoms with Crippen LogP contribution in [0.15, 0.2) is 42.5 Å². The fraction of sp³-hybridized carbons (Fsp3) is 0.480. The molecule has 2 heterocycles. The number of carbonyl (C=O) groups is 1. The lowest BCUT2D eigenvalue weighted by Crippen LogP contribution is -2.53. The average molecular weight is 409 g/mol. The SMILES string of the molecule is COc1ccc(C)cc1NC(=O)OC1CC2CCCC(C1)N2Cc1ccc(C)cc1. The van der Waals surface area contributed by atoms with Crippen molar-refractivity contribution in [1.82, 2.24) is 4.90 Å². The molecule has 2 bridgehead atoms. The van der Waals surface area contributed by atoms with Gasteiger partial charge in [0.1, 0.15) is 11.9 Å². The maximum Gasteiger partial charge on any atom is 0.412 e. The molecule has 5 nitrogen and oxygen atoms in total. The Balaban J connectivity index is 1.37. The number of anilines is 1. The number of piperidine rings is 2. The molecule has 2 unspecified atom stereocenters. The second kappa shape index (κ2) is 9.09. The van der Waals surface area contributed by atoms with E-state index in [1.54, 1.807) is 7.11 Å². The summed E-state index contributed by atoms with van der Waals surface area (Å²) < 4.78 is 11.2. The summed E-state index contributed by atoms with van der Waals surface area (Å²) in [6.07, 6.45) is 4.99. The molecule has 0 radical (unpaired) electrons. The Bertz CT molecular complexity index is 866. The topological polar surface area (TPSA) is 50.8 Å². The predicted molar refractivity (Wildman–Crippen MR) is 119 cm³/mol. The molecular formula is C25H32N2O3. The normalized spacial score (nSPS) is 23.6. The second-order valence-corrected chi connectivity index (χ2v) is 8.72. The van der Waals surface area contributed by atoms with Gasteiger partial charge >= 0.3 is 6.09 Å². The van der Waals surface area contributed by atoms with Crippen molar-refractivity contribution >= 4 is 11.8 Å². The Kier molecular flexibility index (Phi) is 6.28. The summed E-state index contributed by atoms with van der Waals surface area (Å²) >= 11 is 0. The molecule has 2 aromatic carbocycles. The maximum atomic E-state index is 12.6. The number of hydrogen-bond acceptors (Lipinski definition) is 4. The van der Waals surface area contributed by atoms with E-state index in [2.05, 4.69) is 41.4 Å². The van der Waals surface area contributed by atoms with Crippen molar-refractivity contribution in [1.29, 1.82) is 0 Å².